The van der Waals surface area contributed by atoms with E-state index in [0.717, 1.165) is 38.6 Å². The van der Waals surface area contributed by atoms with Gasteiger partial charge in [-0.25, -0.2) is 0 Å². The van der Waals surface area contributed by atoms with Crippen LogP contribution < -0.4 is 0 Å². The highest BCUT2D eigenvalue weighted by Crippen LogP contribution is 2.41. The standard InChI is InChI=1S/C22H26N2O2/c1-24-12-14(13-26-22(25)15-5-2-3-6-15)9-18-17-7-4-8-19-21(17)16(11-23-19)10-20(18)24/h4,7-9,11,15,18,20,23H,2-3,5-6,10,12-13H2,1H3/t18-,20-/m1/s1. The molecule has 0 amide bonds. The van der Waals surface area contributed by atoms with Gasteiger partial charge in [0.2, 0.25) is 0 Å². The van der Waals surface area contributed by atoms with Crippen molar-refractivity contribution in [3.63, 3.8) is 0 Å². The molecule has 136 valence electrons. The van der Waals surface area contributed by atoms with Gasteiger partial charge >= 0.3 is 5.97 Å². The summed E-state index contributed by atoms with van der Waals surface area (Å²) in [5.41, 5.74) is 5.29. The molecule has 1 aromatic carbocycles. The first-order valence-corrected chi connectivity index (χ1v) is 9.86. The van der Waals surface area contributed by atoms with E-state index in [4.69, 9.17) is 4.74 Å². The molecule has 0 saturated heterocycles. The number of aromatic nitrogens is 1. The van der Waals surface area contributed by atoms with Crippen LogP contribution in [0.4, 0.5) is 0 Å². The summed E-state index contributed by atoms with van der Waals surface area (Å²) >= 11 is 0. The molecule has 3 aliphatic rings. The average molecular weight is 350 g/mol. The summed E-state index contributed by atoms with van der Waals surface area (Å²) in [6.07, 6.45) is 9.94. The molecule has 1 aliphatic heterocycles. The van der Waals surface area contributed by atoms with Gasteiger partial charge < -0.3 is 9.72 Å². The number of hydrogen-bond acceptors (Lipinski definition) is 3. The highest BCUT2D eigenvalue weighted by molar-refractivity contribution is 5.88. The Kier molecular flexibility index (Phi) is 3.89. The van der Waals surface area contributed by atoms with Crippen molar-refractivity contribution in [3.8, 4) is 0 Å². The number of rotatable bonds is 3. The predicted molar refractivity (Wildman–Crippen MR) is 102 cm³/mol. The van der Waals surface area contributed by atoms with Gasteiger partial charge in [0.25, 0.3) is 0 Å². The highest BCUT2D eigenvalue weighted by atomic mass is 16.5. The molecule has 0 unspecified atom stereocenters. The lowest BCUT2D eigenvalue weighted by Crippen LogP contribution is -2.44. The fourth-order valence-electron chi connectivity index (χ4n) is 5.20. The van der Waals surface area contributed by atoms with E-state index in [1.165, 1.54) is 27.6 Å². The topological polar surface area (TPSA) is 45.3 Å². The monoisotopic (exact) mass is 350 g/mol. The van der Waals surface area contributed by atoms with Crippen LogP contribution in [0.3, 0.4) is 0 Å². The Labute approximate surface area is 154 Å². The molecule has 2 heterocycles. The van der Waals surface area contributed by atoms with Crippen LogP contribution in [0.15, 0.2) is 36.0 Å². The number of ether oxygens (including phenoxy) is 1. The third-order valence-corrected chi connectivity index (χ3v) is 6.54. The van der Waals surface area contributed by atoms with Crippen LogP contribution in [0, 0.1) is 5.92 Å². The van der Waals surface area contributed by atoms with E-state index in [1.807, 2.05) is 0 Å². The van der Waals surface area contributed by atoms with E-state index in [-0.39, 0.29) is 11.9 Å². The van der Waals surface area contributed by atoms with E-state index < -0.39 is 0 Å². The molecule has 0 bridgehead atoms. The zero-order valence-electron chi connectivity index (χ0n) is 15.3. The molecule has 4 nitrogen and oxygen atoms in total. The van der Waals surface area contributed by atoms with Crippen molar-refractivity contribution in [2.45, 2.75) is 44.1 Å². The Morgan fingerprint density at radius 2 is 2.15 bits per heavy atom. The summed E-state index contributed by atoms with van der Waals surface area (Å²) < 4.78 is 5.68. The Morgan fingerprint density at radius 1 is 1.31 bits per heavy atom. The van der Waals surface area contributed by atoms with Crippen molar-refractivity contribution in [2.24, 2.45) is 5.92 Å². The second-order valence-corrected chi connectivity index (χ2v) is 8.21. The maximum atomic E-state index is 12.3. The number of carbonyl (C=O) groups is 1. The average Bonchev–Trinajstić information content (AvgIpc) is 3.32. The minimum atomic E-state index is 0.00634. The molecule has 26 heavy (non-hydrogen) atoms. The van der Waals surface area contributed by atoms with Crippen LogP contribution in [-0.4, -0.2) is 42.1 Å². The smallest absolute Gasteiger partial charge is 0.309 e. The summed E-state index contributed by atoms with van der Waals surface area (Å²) in [5.74, 6) is 0.517. The van der Waals surface area contributed by atoms with Crippen molar-refractivity contribution in [2.75, 3.05) is 20.2 Å². The molecular formula is C22H26N2O2. The second-order valence-electron chi connectivity index (χ2n) is 8.21. The van der Waals surface area contributed by atoms with Gasteiger partial charge in [0.15, 0.2) is 0 Å². The van der Waals surface area contributed by atoms with Crippen molar-refractivity contribution >= 4 is 16.9 Å². The van der Waals surface area contributed by atoms with Crippen molar-refractivity contribution in [3.05, 3.63) is 47.2 Å². The van der Waals surface area contributed by atoms with Crippen LogP contribution in [0.1, 0.15) is 42.7 Å². The number of nitrogens with zero attached hydrogens (tertiary/aromatic N) is 1. The number of esters is 1. The molecule has 1 N–H and O–H groups in total. The van der Waals surface area contributed by atoms with Gasteiger partial charge in [-0.15, -0.1) is 0 Å². The molecule has 2 aromatic rings. The lowest BCUT2D eigenvalue weighted by Gasteiger charge is -2.41. The van der Waals surface area contributed by atoms with Gasteiger partial charge in [0.05, 0.1) is 5.92 Å². The van der Waals surface area contributed by atoms with Crippen LogP contribution in [-0.2, 0) is 16.0 Å². The molecule has 2 aliphatic carbocycles. The summed E-state index contributed by atoms with van der Waals surface area (Å²) in [5, 5.41) is 1.39. The number of fused-ring (bicyclic) bond motifs is 2. The Morgan fingerprint density at radius 3 is 3.00 bits per heavy atom. The SMILES string of the molecule is CN1CC(COC(=O)C2CCCC2)=C[C@@H]2c3cccc4[nH]cc(c34)C[C@H]21. The Hall–Kier alpha value is -2.07. The number of benzene rings is 1. The minimum Gasteiger partial charge on any atom is -0.461 e. The zero-order chi connectivity index (χ0) is 17.7. The van der Waals surface area contributed by atoms with Crippen LogP contribution >= 0.6 is 0 Å². The van der Waals surface area contributed by atoms with E-state index in [1.54, 1.807) is 0 Å². The molecule has 5 rings (SSSR count). The molecule has 1 saturated carbocycles. The highest BCUT2D eigenvalue weighted by Gasteiger charge is 2.36. The quantitative estimate of drug-likeness (QED) is 0.677. The molecule has 1 fully saturated rings. The first-order valence-electron chi connectivity index (χ1n) is 9.86. The van der Waals surface area contributed by atoms with E-state index in [2.05, 4.69) is 47.4 Å². The lowest BCUT2D eigenvalue weighted by atomic mass is 9.77. The van der Waals surface area contributed by atoms with Gasteiger partial charge in [0.1, 0.15) is 6.61 Å². The first-order chi connectivity index (χ1) is 12.7. The summed E-state index contributed by atoms with van der Waals surface area (Å²) in [4.78, 5) is 18.1. The molecular weight excluding hydrogens is 324 g/mol. The van der Waals surface area contributed by atoms with E-state index >= 15 is 0 Å². The number of hydrogen-bond donors (Lipinski definition) is 1. The van der Waals surface area contributed by atoms with Crippen LogP contribution in [0.25, 0.3) is 10.9 Å². The Balaban J connectivity index is 1.40. The molecule has 0 spiro atoms. The number of likely N-dealkylation sites (N-methyl/N-ethyl adjacent to an activating group) is 1. The Bertz CT molecular complexity index is 875. The fourth-order valence-corrected chi connectivity index (χ4v) is 5.20. The third-order valence-electron chi connectivity index (χ3n) is 6.54. The van der Waals surface area contributed by atoms with Crippen LogP contribution in [0.5, 0.6) is 0 Å². The lowest BCUT2D eigenvalue weighted by molar-refractivity contribution is -0.147. The summed E-state index contributed by atoms with van der Waals surface area (Å²) in [7, 11) is 2.20. The minimum absolute atomic E-state index is 0.00634. The second kappa shape index (κ2) is 6.27. The van der Waals surface area contributed by atoms with E-state index in [0.29, 0.717) is 18.6 Å². The van der Waals surface area contributed by atoms with Gasteiger partial charge in [0, 0.05) is 35.6 Å². The van der Waals surface area contributed by atoms with E-state index in [9.17, 15) is 4.79 Å². The van der Waals surface area contributed by atoms with Gasteiger partial charge in [-0.2, -0.15) is 0 Å². The number of H-pyrrole nitrogens is 1. The van der Waals surface area contributed by atoms with Gasteiger partial charge in [-0.1, -0.05) is 31.1 Å². The van der Waals surface area contributed by atoms with Gasteiger partial charge in [-0.05, 0) is 49.1 Å². The van der Waals surface area contributed by atoms with Crippen LogP contribution in [0.2, 0.25) is 0 Å². The van der Waals surface area contributed by atoms with Crippen molar-refractivity contribution in [1.29, 1.82) is 0 Å². The summed E-state index contributed by atoms with van der Waals surface area (Å²) in [6.45, 7) is 1.33. The zero-order valence-corrected chi connectivity index (χ0v) is 15.3. The molecule has 2 atom stereocenters. The fraction of sp³-hybridized carbons (Fsp3) is 0.500. The predicted octanol–water partition coefficient (Wildman–Crippen LogP) is 3.78. The van der Waals surface area contributed by atoms with Gasteiger partial charge in [-0.3, -0.25) is 9.69 Å². The maximum absolute atomic E-state index is 12.3. The molecule has 4 heteroatoms. The van der Waals surface area contributed by atoms with Crippen molar-refractivity contribution < 1.29 is 9.53 Å². The molecule has 1 aromatic heterocycles. The number of carbonyl (C=O) groups excluding carboxylic acids is 1. The first kappa shape index (κ1) is 16.1. The number of nitrogens with one attached hydrogen (secondary N) is 1. The molecule has 0 radical (unpaired) electrons. The number of aromatic amines is 1. The van der Waals surface area contributed by atoms with Crippen molar-refractivity contribution in [1.82, 2.24) is 9.88 Å². The normalized spacial score (nSPS) is 26.0. The maximum Gasteiger partial charge on any atom is 0.309 e. The third kappa shape index (κ3) is 2.59. The summed E-state index contributed by atoms with van der Waals surface area (Å²) in [6, 6.07) is 7.04. The largest absolute Gasteiger partial charge is 0.461 e.